The van der Waals surface area contributed by atoms with Gasteiger partial charge in [0.05, 0.1) is 0 Å². The van der Waals surface area contributed by atoms with Gasteiger partial charge < -0.3 is 10.1 Å². The van der Waals surface area contributed by atoms with Crippen LogP contribution in [0.5, 0.6) is 5.75 Å². The Labute approximate surface area is 98.0 Å². The minimum atomic E-state index is 0.403. The third kappa shape index (κ3) is 2.56. The number of hydrogen-bond acceptors (Lipinski definition) is 2. The summed E-state index contributed by atoms with van der Waals surface area (Å²) >= 11 is 0. The van der Waals surface area contributed by atoms with Crippen LogP contribution in [0, 0.1) is 0 Å². The SMILES string of the molecule is CNC1CC(Oc2cccc(C(C)C)c2)C1. The third-order valence-electron chi connectivity index (χ3n) is 3.33. The first-order valence-electron chi connectivity index (χ1n) is 6.13. The van der Waals surface area contributed by atoms with Gasteiger partial charge in [-0.25, -0.2) is 0 Å². The second-order valence-electron chi connectivity index (χ2n) is 4.92. The van der Waals surface area contributed by atoms with Gasteiger partial charge in [0.15, 0.2) is 0 Å². The fourth-order valence-corrected chi connectivity index (χ4v) is 2.04. The lowest BCUT2D eigenvalue weighted by Gasteiger charge is -2.35. The van der Waals surface area contributed by atoms with E-state index in [1.807, 2.05) is 7.05 Å². The van der Waals surface area contributed by atoms with Gasteiger partial charge in [-0.05, 0) is 43.5 Å². The molecule has 1 aliphatic rings. The predicted molar refractivity (Wildman–Crippen MR) is 67.0 cm³/mol. The summed E-state index contributed by atoms with van der Waals surface area (Å²) in [5, 5.41) is 3.27. The highest BCUT2D eigenvalue weighted by atomic mass is 16.5. The molecule has 0 amide bonds. The molecular weight excluding hydrogens is 198 g/mol. The molecule has 1 aromatic carbocycles. The van der Waals surface area contributed by atoms with Gasteiger partial charge in [-0.2, -0.15) is 0 Å². The predicted octanol–water partition coefficient (Wildman–Crippen LogP) is 2.94. The van der Waals surface area contributed by atoms with E-state index in [4.69, 9.17) is 4.74 Å². The molecular formula is C14H21NO. The van der Waals surface area contributed by atoms with Crippen LogP contribution in [0.15, 0.2) is 24.3 Å². The lowest BCUT2D eigenvalue weighted by molar-refractivity contribution is 0.0884. The maximum Gasteiger partial charge on any atom is 0.120 e. The lowest BCUT2D eigenvalue weighted by atomic mass is 9.89. The van der Waals surface area contributed by atoms with Crippen molar-refractivity contribution in [3.05, 3.63) is 29.8 Å². The van der Waals surface area contributed by atoms with Crippen molar-refractivity contribution in [3.63, 3.8) is 0 Å². The Morgan fingerprint density at radius 2 is 2.06 bits per heavy atom. The first-order valence-corrected chi connectivity index (χ1v) is 6.13. The molecule has 1 aliphatic carbocycles. The Bertz CT molecular complexity index is 342. The van der Waals surface area contributed by atoms with Gasteiger partial charge in [0.25, 0.3) is 0 Å². The number of hydrogen-bond donors (Lipinski definition) is 1. The van der Waals surface area contributed by atoms with E-state index in [2.05, 4.69) is 43.4 Å². The van der Waals surface area contributed by atoms with Crippen molar-refractivity contribution in [3.8, 4) is 5.75 Å². The van der Waals surface area contributed by atoms with Crippen LogP contribution in [-0.4, -0.2) is 19.2 Å². The molecule has 1 fully saturated rings. The highest BCUT2D eigenvalue weighted by Gasteiger charge is 2.29. The third-order valence-corrected chi connectivity index (χ3v) is 3.33. The summed E-state index contributed by atoms with van der Waals surface area (Å²) in [4.78, 5) is 0. The number of benzene rings is 1. The van der Waals surface area contributed by atoms with Crippen molar-refractivity contribution in [2.75, 3.05) is 7.05 Å². The van der Waals surface area contributed by atoms with Crippen LogP contribution in [0.4, 0.5) is 0 Å². The first-order chi connectivity index (χ1) is 7.69. The molecule has 1 N–H and O–H groups in total. The highest BCUT2D eigenvalue weighted by molar-refractivity contribution is 5.30. The molecule has 0 unspecified atom stereocenters. The summed E-state index contributed by atoms with van der Waals surface area (Å²) in [6, 6.07) is 9.11. The van der Waals surface area contributed by atoms with E-state index in [1.54, 1.807) is 0 Å². The van der Waals surface area contributed by atoms with Gasteiger partial charge in [-0.15, -0.1) is 0 Å². The van der Waals surface area contributed by atoms with Crippen LogP contribution in [-0.2, 0) is 0 Å². The van der Waals surface area contributed by atoms with E-state index >= 15 is 0 Å². The van der Waals surface area contributed by atoms with E-state index in [-0.39, 0.29) is 0 Å². The molecule has 0 aromatic heterocycles. The average molecular weight is 219 g/mol. The monoisotopic (exact) mass is 219 g/mol. The molecule has 0 heterocycles. The van der Waals surface area contributed by atoms with E-state index in [1.165, 1.54) is 5.56 Å². The normalized spacial score (nSPS) is 24.2. The molecule has 1 aromatic rings. The molecule has 0 radical (unpaired) electrons. The molecule has 2 nitrogen and oxygen atoms in total. The quantitative estimate of drug-likeness (QED) is 0.840. The average Bonchev–Trinajstić information content (AvgIpc) is 2.23. The van der Waals surface area contributed by atoms with Crippen molar-refractivity contribution < 1.29 is 4.74 Å². The van der Waals surface area contributed by atoms with Crippen LogP contribution in [0.2, 0.25) is 0 Å². The van der Waals surface area contributed by atoms with Gasteiger partial charge in [-0.1, -0.05) is 26.0 Å². The van der Waals surface area contributed by atoms with E-state index in [0.717, 1.165) is 18.6 Å². The van der Waals surface area contributed by atoms with E-state index < -0.39 is 0 Å². The fourth-order valence-electron chi connectivity index (χ4n) is 2.04. The van der Waals surface area contributed by atoms with E-state index in [0.29, 0.717) is 18.1 Å². The topological polar surface area (TPSA) is 21.3 Å². The maximum absolute atomic E-state index is 5.93. The Morgan fingerprint density at radius 1 is 1.31 bits per heavy atom. The number of ether oxygens (including phenoxy) is 1. The molecule has 0 spiro atoms. The minimum absolute atomic E-state index is 0.403. The van der Waals surface area contributed by atoms with Crippen molar-refractivity contribution in [1.82, 2.24) is 5.32 Å². The van der Waals surface area contributed by atoms with Gasteiger partial charge in [0, 0.05) is 6.04 Å². The van der Waals surface area contributed by atoms with Crippen molar-refractivity contribution >= 4 is 0 Å². The highest BCUT2D eigenvalue weighted by Crippen LogP contribution is 2.27. The van der Waals surface area contributed by atoms with Crippen LogP contribution < -0.4 is 10.1 Å². The molecule has 2 heteroatoms. The van der Waals surface area contributed by atoms with Gasteiger partial charge in [-0.3, -0.25) is 0 Å². The van der Waals surface area contributed by atoms with Crippen molar-refractivity contribution in [2.24, 2.45) is 0 Å². The van der Waals surface area contributed by atoms with E-state index in [9.17, 15) is 0 Å². The summed E-state index contributed by atoms with van der Waals surface area (Å²) < 4.78 is 5.93. The van der Waals surface area contributed by atoms with Crippen LogP contribution in [0.25, 0.3) is 0 Å². The van der Waals surface area contributed by atoms with Crippen LogP contribution in [0.1, 0.15) is 38.2 Å². The van der Waals surface area contributed by atoms with Gasteiger partial charge in [0.2, 0.25) is 0 Å². The minimum Gasteiger partial charge on any atom is -0.490 e. The second kappa shape index (κ2) is 4.88. The van der Waals surface area contributed by atoms with Crippen molar-refractivity contribution in [2.45, 2.75) is 44.8 Å². The zero-order chi connectivity index (χ0) is 11.5. The molecule has 0 bridgehead atoms. The maximum atomic E-state index is 5.93. The smallest absolute Gasteiger partial charge is 0.120 e. The Hall–Kier alpha value is -1.02. The van der Waals surface area contributed by atoms with Crippen LogP contribution in [0.3, 0.4) is 0 Å². The fraction of sp³-hybridized carbons (Fsp3) is 0.571. The molecule has 16 heavy (non-hydrogen) atoms. The van der Waals surface area contributed by atoms with Gasteiger partial charge in [0.1, 0.15) is 11.9 Å². The summed E-state index contributed by atoms with van der Waals surface area (Å²) in [6.45, 7) is 4.42. The summed E-state index contributed by atoms with van der Waals surface area (Å²) in [7, 11) is 2.01. The van der Waals surface area contributed by atoms with Crippen molar-refractivity contribution in [1.29, 1.82) is 0 Å². The molecule has 1 saturated carbocycles. The number of nitrogens with one attached hydrogen (secondary N) is 1. The zero-order valence-electron chi connectivity index (χ0n) is 10.4. The molecule has 0 aliphatic heterocycles. The summed E-state index contributed by atoms with van der Waals surface area (Å²) in [5.74, 6) is 1.58. The molecule has 0 atom stereocenters. The Morgan fingerprint density at radius 3 is 2.69 bits per heavy atom. The summed E-state index contributed by atoms with van der Waals surface area (Å²) in [5.41, 5.74) is 1.35. The second-order valence-corrected chi connectivity index (χ2v) is 4.92. The Kier molecular flexibility index (Phi) is 3.49. The zero-order valence-corrected chi connectivity index (χ0v) is 10.4. The lowest BCUT2D eigenvalue weighted by Crippen LogP contribution is -2.45. The first kappa shape index (κ1) is 11.5. The number of rotatable bonds is 4. The molecule has 0 saturated heterocycles. The summed E-state index contributed by atoms with van der Waals surface area (Å²) in [6.07, 6.45) is 2.66. The largest absolute Gasteiger partial charge is 0.490 e. The standard InChI is InChI=1S/C14H21NO/c1-10(2)11-5-4-6-13(7-11)16-14-8-12(9-14)15-3/h4-7,10,12,14-15H,8-9H2,1-3H3. The Balaban J connectivity index is 1.92. The molecule has 88 valence electrons. The molecule has 2 rings (SSSR count). The van der Waals surface area contributed by atoms with Crippen LogP contribution >= 0.6 is 0 Å². The van der Waals surface area contributed by atoms with Gasteiger partial charge >= 0.3 is 0 Å².